The third kappa shape index (κ3) is 3.15. The molecule has 90 valence electrons. The van der Waals surface area contributed by atoms with Crippen LogP contribution < -0.4 is 5.32 Å². The molecule has 0 bridgehead atoms. The molecule has 6 heteroatoms. The van der Waals surface area contributed by atoms with Gasteiger partial charge in [0.2, 0.25) is 0 Å². The van der Waals surface area contributed by atoms with Crippen LogP contribution in [-0.2, 0) is 17.9 Å². The summed E-state index contributed by atoms with van der Waals surface area (Å²) in [7, 11) is 1.69. The van der Waals surface area contributed by atoms with E-state index in [0.29, 0.717) is 24.1 Å². The Bertz CT molecular complexity index is 489. The predicted octanol–water partition coefficient (Wildman–Crippen LogP) is 2.95. The Labute approximate surface area is 109 Å². The molecular weight excluding hydrogens is 258 g/mol. The molecule has 0 saturated carbocycles. The molecule has 0 aliphatic carbocycles. The van der Waals surface area contributed by atoms with Gasteiger partial charge in [-0.05, 0) is 11.1 Å². The Balaban J connectivity index is 2.06. The van der Waals surface area contributed by atoms with Crippen LogP contribution in [0.2, 0.25) is 5.15 Å². The van der Waals surface area contributed by atoms with Crippen molar-refractivity contribution in [3.63, 3.8) is 0 Å². The molecule has 0 fully saturated rings. The Hall–Kier alpha value is -1.17. The van der Waals surface area contributed by atoms with Crippen LogP contribution in [0.4, 0.5) is 5.82 Å². The van der Waals surface area contributed by atoms with Gasteiger partial charge in [-0.1, -0.05) is 35.9 Å². The van der Waals surface area contributed by atoms with Gasteiger partial charge in [0.1, 0.15) is 0 Å². The standard InChI is InChI=1S/C11H12ClN3OS/c1-16-7-9-5-3-2-4-8(9)6-13-11-10(12)14-17-15-11/h2-5H,6-7H2,1H3,(H,13,15). The van der Waals surface area contributed by atoms with Crippen molar-refractivity contribution in [3.05, 3.63) is 40.5 Å². The molecule has 0 aliphatic rings. The summed E-state index contributed by atoms with van der Waals surface area (Å²) < 4.78 is 13.1. The minimum Gasteiger partial charge on any atom is -0.380 e. The highest BCUT2D eigenvalue weighted by Crippen LogP contribution is 2.19. The van der Waals surface area contributed by atoms with Gasteiger partial charge in [0.15, 0.2) is 11.0 Å². The first-order valence-corrected chi connectivity index (χ1v) is 6.19. The average molecular weight is 270 g/mol. The molecule has 0 spiro atoms. The number of ether oxygens (including phenoxy) is 1. The van der Waals surface area contributed by atoms with E-state index in [-0.39, 0.29) is 0 Å². The van der Waals surface area contributed by atoms with Crippen LogP contribution in [0.5, 0.6) is 0 Å². The van der Waals surface area contributed by atoms with E-state index in [2.05, 4.69) is 20.1 Å². The van der Waals surface area contributed by atoms with Gasteiger partial charge in [-0.3, -0.25) is 0 Å². The van der Waals surface area contributed by atoms with Gasteiger partial charge >= 0.3 is 0 Å². The zero-order chi connectivity index (χ0) is 12.1. The third-order valence-electron chi connectivity index (χ3n) is 2.31. The van der Waals surface area contributed by atoms with Crippen LogP contribution in [0.15, 0.2) is 24.3 Å². The maximum Gasteiger partial charge on any atom is 0.186 e. The third-order valence-corrected chi connectivity index (χ3v) is 3.21. The Morgan fingerprint density at radius 2 is 2.06 bits per heavy atom. The zero-order valence-corrected chi connectivity index (χ0v) is 10.9. The van der Waals surface area contributed by atoms with Gasteiger partial charge < -0.3 is 10.1 Å². The highest BCUT2D eigenvalue weighted by Gasteiger charge is 2.06. The summed E-state index contributed by atoms with van der Waals surface area (Å²) in [5.74, 6) is 0.629. The molecule has 0 radical (unpaired) electrons. The maximum absolute atomic E-state index is 5.86. The molecule has 0 amide bonds. The van der Waals surface area contributed by atoms with Gasteiger partial charge in [-0.25, -0.2) is 0 Å². The van der Waals surface area contributed by atoms with Crippen molar-refractivity contribution in [2.24, 2.45) is 0 Å². The van der Waals surface area contributed by atoms with Crippen LogP contribution in [-0.4, -0.2) is 15.9 Å². The molecule has 0 saturated heterocycles. The number of rotatable bonds is 5. The summed E-state index contributed by atoms with van der Waals surface area (Å²) in [5, 5.41) is 3.57. The lowest BCUT2D eigenvalue weighted by molar-refractivity contribution is 0.184. The lowest BCUT2D eigenvalue weighted by Crippen LogP contribution is -2.04. The number of benzene rings is 1. The molecule has 2 aromatic rings. The van der Waals surface area contributed by atoms with Crippen molar-refractivity contribution in [3.8, 4) is 0 Å². The fourth-order valence-electron chi connectivity index (χ4n) is 1.49. The lowest BCUT2D eigenvalue weighted by atomic mass is 10.1. The summed E-state index contributed by atoms with van der Waals surface area (Å²) in [4.78, 5) is 0. The molecule has 1 N–H and O–H groups in total. The maximum atomic E-state index is 5.86. The normalized spacial score (nSPS) is 10.5. The summed E-state index contributed by atoms with van der Waals surface area (Å²) in [6.07, 6.45) is 0. The predicted molar refractivity (Wildman–Crippen MR) is 69.4 cm³/mol. The minimum atomic E-state index is 0.416. The molecule has 0 atom stereocenters. The average Bonchev–Trinajstić information content (AvgIpc) is 2.74. The first-order chi connectivity index (χ1) is 8.31. The van der Waals surface area contributed by atoms with E-state index in [9.17, 15) is 0 Å². The van der Waals surface area contributed by atoms with E-state index >= 15 is 0 Å². The quantitative estimate of drug-likeness (QED) is 0.907. The van der Waals surface area contributed by atoms with Crippen LogP contribution in [0.3, 0.4) is 0 Å². The topological polar surface area (TPSA) is 47.0 Å². The van der Waals surface area contributed by atoms with E-state index in [1.807, 2.05) is 18.2 Å². The van der Waals surface area contributed by atoms with Gasteiger partial charge in [0, 0.05) is 13.7 Å². The molecule has 1 aromatic carbocycles. The number of hydrogen-bond donors (Lipinski definition) is 1. The largest absolute Gasteiger partial charge is 0.380 e. The zero-order valence-electron chi connectivity index (χ0n) is 9.31. The van der Waals surface area contributed by atoms with Gasteiger partial charge in [0.25, 0.3) is 0 Å². The summed E-state index contributed by atoms with van der Waals surface area (Å²) in [6.45, 7) is 1.26. The second-order valence-electron chi connectivity index (χ2n) is 3.46. The van der Waals surface area contributed by atoms with Crippen molar-refractivity contribution in [2.75, 3.05) is 12.4 Å². The lowest BCUT2D eigenvalue weighted by Gasteiger charge is -2.09. The number of halogens is 1. The van der Waals surface area contributed by atoms with Crippen molar-refractivity contribution >= 4 is 29.1 Å². The number of methoxy groups -OCH3 is 1. The Kier molecular flexibility index (Phi) is 4.30. The van der Waals surface area contributed by atoms with Crippen molar-refractivity contribution < 1.29 is 4.74 Å². The Morgan fingerprint density at radius 3 is 2.71 bits per heavy atom. The van der Waals surface area contributed by atoms with Crippen LogP contribution in [0.1, 0.15) is 11.1 Å². The fourth-order valence-corrected chi connectivity index (χ4v) is 2.17. The number of nitrogens with one attached hydrogen (secondary N) is 1. The van der Waals surface area contributed by atoms with E-state index < -0.39 is 0 Å². The first kappa shape index (κ1) is 12.3. The molecule has 1 aromatic heterocycles. The van der Waals surface area contributed by atoms with Crippen molar-refractivity contribution in [2.45, 2.75) is 13.2 Å². The van der Waals surface area contributed by atoms with Crippen molar-refractivity contribution in [1.82, 2.24) is 8.75 Å². The number of aromatic nitrogens is 2. The number of nitrogens with zero attached hydrogens (tertiary/aromatic N) is 2. The van der Waals surface area contributed by atoms with Crippen LogP contribution in [0, 0.1) is 0 Å². The fraction of sp³-hybridized carbons (Fsp3) is 0.273. The summed E-state index contributed by atoms with van der Waals surface area (Å²) in [6, 6.07) is 8.09. The SMILES string of the molecule is COCc1ccccc1CNc1nsnc1Cl. The van der Waals surface area contributed by atoms with Gasteiger partial charge in [-0.15, -0.1) is 0 Å². The van der Waals surface area contributed by atoms with Gasteiger partial charge in [0.05, 0.1) is 18.3 Å². The number of hydrogen-bond acceptors (Lipinski definition) is 5. The second kappa shape index (κ2) is 5.95. The molecule has 1 heterocycles. The first-order valence-electron chi connectivity index (χ1n) is 5.09. The van der Waals surface area contributed by atoms with Crippen LogP contribution in [0.25, 0.3) is 0 Å². The molecule has 0 unspecified atom stereocenters. The van der Waals surface area contributed by atoms with E-state index in [0.717, 1.165) is 17.3 Å². The van der Waals surface area contributed by atoms with E-state index in [1.165, 1.54) is 5.56 Å². The van der Waals surface area contributed by atoms with Crippen molar-refractivity contribution in [1.29, 1.82) is 0 Å². The second-order valence-corrected chi connectivity index (χ2v) is 4.35. The molecule has 2 rings (SSSR count). The highest BCUT2D eigenvalue weighted by atomic mass is 35.5. The molecule has 4 nitrogen and oxygen atoms in total. The highest BCUT2D eigenvalue weighted by molar-refractivity contribution is 6.99. The van der Waals surface area contributed by atoms with E-state index in [1.54, 1.807) is 7.11 Å². The molecule has 0 aliphatic heterocycles. The molecular formula is C11H12ClN3OS. The smallest absolute Gasteiger partial charge is 0.186 e. The minimum absolute atomic E-state index is 0.416. The monoisotopic (exact) mass is 269 g/mol. The summed E-state index contributed by atoms with van der Waals surface area (Å²) in [5.41, 5.74) is 2.32. The van der Waals surface area contributed by atoms with E-state index in [4.69, 9.17) is 16.3 Å². The summed E-state index contributed by atoms with van der Waals surface area (Å²) >= 11 is 6.95. The van der Waals surface area contributed by atoms with Crippen LogP contribution >= 0.6 is 23.3 Å². The van der Waals surface area contributed by atoms with Gasteiger partial charge in [-0.2, -0.15) is 8.75 Å². The Morgan fingerprint density at radius 1 is 1.29 bits per heavy atom. The number of anilines is 1. The molecule has 17 heavy (non-hydrogen) atoms.